The van der Waals surface area contributed by atoms with Crippen LogP contribution in [0.1, 0.15) is 61.3 Å². The standard InChI is InChI=1S/C18H30O6/c1-12(2)10-18(7,17(4,5)6)16(22)23-11-13(3)24-15(21)9-8-14(19)20/h10,13H,8-9,11H2,1-7H3,(H,19,20). The molecule has 0 aromatic rings. The predicted octanol–water partition coefficient (Wildman–Crippen LogP) is 3.34. The van der Waals surface area contributed by atoms with Crippen molar-refractivity contribution in [3.63, 3.8) is 0 Å². The second kappa shape index (κ2) is 8.85. The SMILES string of the molecule is CC(C)=CC(C)(C(=O)OCC(C)OC(=O)CCC(=O)O)C(C)(C)C. The number of hydrogen-bond acceptors (Lipinski definition) is 5. The molecule has 2 unspecified atom stereocenters. The lowest BCUT2D eigenvalue weighted by atomic mass is 9.67. The van der Waals surface area contributed by atoms with Gasteiger partial charge in [0.25, 0.3) is 0 Å². The van der Waals surface area contributed by atoms with Crippen molar-refractivity contribution >= 4 is 17.9 Å². The summed E-state index contributed by atoms with van der Waals surface area (Å²) in [6.07, 6.45) is 0.768. The Morgan fingerprint density at radius 2 is 1.62 bits per heavy atom. The fraction of sp³-hybridized carbons (Fsp3) is 0.722. The molecule has 0 spiro atoms. The van der Waals surface area contributed by atoms with Crippen LogP contribution in [0.2, 0.25) is 0 Å². The number of carboxylic acid groups (broad SMARTS) is 1. The summed E-state index contributed by atoms with van der Waals surface area (Å²) < 4.78 is 10.4. The maximum absolute atomic E-state index is 12.6. The van der Waals surface area contributed by atoms with Gasteiger partial charge in [0.2, 0.25) is 0 Å². The smallest absolute Gasteiger partial charge is 0.316 e. The van der Waals surface area contributed by atoms with Gasteiger partial charge in [-0.1, -0.05) is 32.4 Å². The van der Waals surface area contributed by atoms with Gasteiger partial charge in [-0.05, 0) is 33.1 Å². The molecule has 6 nitrogen and oxygen atoms in total. The third-order valence-corrected chi connectivity index (χ3v) is 3.88. The predicted molar refractivity (Wildman–Crippen MR) is 90.4 cm³/mol. The number of aliphatic carboxylic acids is 1. The highest BCUT2D eigenvalue weighted by Crippen LogP contribution is 2.41. The molecule has 0 amide bonds. The molecule has 0 heterocycles. The number of carboxylic acids is 1. The third kappa shape index (κ3) is 7.15. The number of carbonyl (C=O) groups is 3. The van der Waals surface area contributed by atoms with Crippen LogP contribution < -0.4 is 0 Å². The minimum atomic E-state index is -1.06. The fourth-order valence-electron chi connectivity index (χ4n) is 2.03. The van der Waals surface area contributed by atoms with Crippen molar-refractivity contribution in [2.24, 2.45) is 10.8 Å². The molecule has 0 aromatic heterocycles. The normalized spacial score (nSPS) is 15.0. The molecule has 0 saturated carbocycles. The highest BCUT2D eigenvalue weighted by atomic mass is 16.6. The monoisotopic (exact) mass is 342 g/mol. The van der Waals surface area contributed by atoms with E-state index in [2.05, 4.69) is 0 Å². The van der Waals surface area contributed by atoms with E-state index in [1.807, 2.05) is 47.6 Å². The van der Waals surface area contributed by atoms with E-state index in [4.69, 9.17) is 14.6 Å². The fourth-order valence-corrected chi connectivity index (χ4v) is 2.03. The minimum Gasteiger partial charge on any atom is -0.481 e. The molecule has 0 aromatic carbocycles. The van der Waals surface area contributed by atoms with Crippen molar-refractivity contribution < 1.29 is 29.0 Å². The Morgan fingerprint density at radius 3 is 2.04 bits per heavy atom. The van der Waals surface area contributed by atoms with Crippen LogP contribution in [0.3, 0.4) is 0 Å². The average Bonchev–Trinajstić information content (AvgIpc) is 2.40. The lowest BCUT2D eigenvalue weighted by Gasteiger charge is -2.37. The second-order valence-electron chi connectivity index (χ2n) is 7.47. The van der Waals surface area contributed by atoms with Crippen molar-refractivity contribution in [2.45, 2.75) is 67.4 Å². The van der Waals surface area contributed by atoms with E-state index in [0.717, 1.165) is 5.57 Å². The summed E-state index contributed by atoms with van der Waals surface area (Å²) in [5, 5.41) is 8.53. The van der Waals surface area contributed by atoms with Gasteiger partial charge in [-0.3, -0.25) is 14.4 Å². The van der Waals surface area contributed by atoms with Gasteiger partial charge in [0.1, 0.15) is 12.7 Å². The molecule has 138 valence electrons. The maximum atomic E-state index is 12.6. The van der Waals surface area contributed by atoms with Crippen LogP contribution in [0.4, 0.5) is 0 Å². The van der Waals surface area contributed by atoms with Crippen molar-refractivity contribution in [3.05, 3.63) is 11.6 Å². The van der Waals surface area contributed by atoms with Crippen LogP contribution in [0.5, 0.6) is 0 Å². The number of rotatable bonds is 8. The summed E-state index contributed by atoms with van der Waals surface area (Å²) in [5.74, 6) is -2.07. The molecule has 0 aliphatic rings. The molecule has 24 heavy (non-hydrogen) atoms. The van der Waals surface area contributed by atoms with Crippen molar-refractivity contribution in [1.29, 1.82) is 0 Å². The number of allylic oxidation sites excluding steroid dienone is 1. The summed E-state index contributed by atoms with van der Waals surface area (Å²) in [6, 6.07) is 0. The van der Waals surface area contributed by atoms with Crippen molar-refractivity contribution in [3.8, 4) is 0 Å². The van der Waals surface area contributed by atoms with Crippen LogP contribution in [0, 0.1) is 10.8 Å². The second-order valence-corrected chi connectivity index (χ2v) is 7.47. The van der Waals surface area contributed by atoms with E-state index in [0.29, 0.717) is 0 Å². The van der Waals surface area contributed by atoms with Crippen LogP contribution in [0.15, 0.2) is 11.6 Å². The van der Waals surface area contributed by atoms with Crippen LogP contribution >= 0.6 is 0 Å². The lowest BCUT2D eigenvalue weighted by molar-refractivity contribution is -0.166. The number of esters is 2. The molecule has 0 saturated heterocycles. The van der Waals surface area contributed by atoms with E-state index in [1.165, 1.54) is 0 Å². The van der Waals surface area contributed by atoms with Gasteiger partial charge in [-0.2, -0.15) is 0 Å². The summed E-state index contributed by atoms with van der Waals surface area (Å²) in [5.41, 5.74) is -0.140. The van der Waals surface area contributed by atoms with Gasteiger partial charge >= 0.3 is 17.9 Å². The summed E-state index contributed by atoms with van der Waals surface area (Å²) >= 11 is 0. The van der Waals surface area contributed by atoms with Crippen LogP contribution in [-0.4, -0.2) is 35.7 Å². The van der Waals surface area contributed by atoms with Gasteiger partial charge in [0.15, 0.2) is 0 Å². The Morgan fingerprint density at radius 1 is 1.08 bits per heavy atom. The number of ether oxygens (including phenoxy) is 2. The molecule has 2 atom stereocenters. The van der Waals surface area contributed by atoms with Gasteiger partial charge in [0.05, 0.1) is 18.3 Å². The summed E-state index contributed by atoms with van der Waals surface area (Å²) in [7, 11) is 0. The van der Waals surface area contributed by atoms with Crippen LogP contribution in [0.25, 0.3) is 0 Å². The first-order valence-corrected chi connectivity index (χ1v) is 8.04. The zero-order valence-electron chi connectivity index (χ0n) is 15.8. The van der Waals surface area contributed by atoms with E-state index in [-0.39, 0.29) is 30.8 Å². The highest BCUT2D eigenvalue weighted by Gasteiger charge is 2.44. The minimum absolute atomic E-state index is 0.0695. The molecule has 0 rings (SSSR count). The molecule has 0 radical (unpaired) electrons. The van der Waals surface area contributed by atoms with E-state index in [9.17, 15) is 14.4 Å². The molecule has 6 heteroatoms. The largest absolute Gasteiger partial charge is 0.481 e. The summed E-state index contributed by atoms with van der Waals surface area (Å²) in [6.45, 7) is 13.1. The summed E-state index contributed by atoms with van der Waals surface area (Å²) in [4.78, 5) is 34.5. The molecule has 0 aliphatic heterocycles. The van der Waals surface area contributed by atoms with E-state index >= 15 is 0 Å². The Bertz CT molecular complexity index is 496. The average molecular weight is 342 g/mol. The van der Waals surface area contributed by atoms with Gasteiger partial charge in [-0.25, -0.2) is 0 Å². The van der Waals surface area contributed by atoms with Gasteiger partial charge in [0, 0.05) is 0 Å². The first-order valence-electron chi connectivity index (χ1n) is 8.04. The quantitative estimate of drug-likeness (QED) is 0.537. The number of hydrogen-bond donors (Lipinski definition) is 1. The third-order valence-electron chi connectivity index (χ3n) is 3.88. The molecular formula is C18H30O6. The topological polar surface area (TPSA) is 89.9 Å². The Kier molecular flexibility index (Phi) is 8.17. The molecule has 1 N–H and O–H groups in total. The number of carbonyl (C=O) groups excluding carboxylic acids is 2. The van der Waals surface area contributed by atoms with Crippen molar-refractivity contribution in [2.75, 3.05) is 6.61 Å². The molecule has 0 fully saturated rings. The Balaban J connectivity index is 4.72. The van der Waals surface area contributed by atoms with Crippen LogP contribution in [-0.2, 0) is 23.9 Å². The van der Waals surface area contributed by atoms with Gasteiger partial charge < -0.3 is 14.6 Å². The maximum Gasteiger partial charge on any atom is 0.316 e. The first-order chi connectivity index (χ1) is 10.8. The zero-order valence-corrected chi connectivity index (χ0v) is 15.8. The van der Waals surface area contributed by atoms with E-state index < -0.39 is 23.5 Å². The zero-order chi connectivity index (χ0) is 19.1. The van der Waals surface area contributed by atoms with Gasteiger partial charge in [-0.15, -0.1) is 0 Å². The Hall–Kier alpha value is -1.85. The Labute approximate surface area is 144 Å². The first kappa shape index (κ1) is 22.1. The molecular weight excluding hydrogens is 312 g/mol. The lowest BCUT2D eigenvalue weighted by Crippen LogP contribution is -2.41. The van der Waals surface area contributed by atoms with Crippen molar-refractivity contribution in [1.82, 2.24) is 0 Å². The molecule has 0 aliphatic carbocycles. The van der Waals surface area contributed by atoms with E-state index in [1.54, 1.807) is 6.92 Å². The molecule has 0 bridgehead atoms. The highest BCUT2D eigenvalue weighted by molar-refractivity contribution is 5.80.